The third kappa shape index (κ3) is 3.28. The Labute approximate surface area is 118 Å². The smallest absolute Gasteiger partial charge is 0.273 e. The molecule has 6 heteroatoms. The number of nitrogens with zero attached hydrogens (tertiary/aromatic N) is 1. The van der Waals surface area contributed by atoms with Gasteiger partial charge in [-0.2, -0.15) is 0 Å². The molecule has 2 unspecified atom stereocenters. The summed E-state index contributed by atoms with van der Waals surface area (Å²) in [6, 6.07) is 2.29. The van der Waals surface area contributed by atoms with Crippen molar-refractivity contribution in [2.45, 2.75) is 50.6 Å². The molecule has 1 saturated carbocycles. The molecule has 1 aliphatic heterocycles. The number of rotatable bonds is 3. The Morgan fingerprint density at radius 2 is 2.26 bits per heavy atom. The summed E-state index contributed by atoms with van der Waals surface area (Å²) in [5, 5.41) is 10.3. The molecule has 106 valence electrons. The van der Waals surface area contributed by atoms with E-state index in [-0.39, 0.29) is 24.4 Å². The maximum atomic E-state index is 12.1. The first-order chi connectivity index (χ1) is 8.74. The average Bonchev–Trinajstić information content (AvgIpc) is 3.10. The fourth-order valence-corrected chi connectivity index (χ4v) is 2.44. The van der Waals surface area contributed by atoms with Crippen molar-refractivity contribution in [1.29, 1.82) is 0 Å². The van der Waals surface area contributed by atoms with Gasteiger partial charge in [0.2, 0.25) is 0 Å². The summed E-state index contributed by atoms with van der Waals surface area (Å²) in [7, 11) is 0. The SMILES string of the molecule is CC1NCCCC1NC(=O)c1cc(C2CC2)on1.Cl. The summed E-state index contributed by atoms with van der Waals surface area (Å²) in [5.41, 5.74) is 0.412. The zero-order chi connectivity index (χ0) is 12.5. The summed E-state index contributed by atoms with van der Waals surface area (Å²) < 4.78 is 5.20. The van der Waals surface area contributed by atoms with Gasteiger partial charge in [0.05, 0.1) is 0 Å². The number of carbonyl (C=O) groups excluding carboxylic acids is 1. The van der Waals surface area contributed by atoms with Crippen LogP contribution in [0.3, 0.4) is 0 Å². The number of carbonyl (C=O) groups is 1. The summed E-state index contributed by atoms with van der Waals surface area (Å²) in [6.07, 6.45) is 4.42. The predicted molar refractivity (Wildman–Crippen MR) is 73.7 cm³/mol. The van der Waals surface area contributed by atoms with Crippen molar-refractivity contribution >= 4 is 18.3 Å². The molecule has 1 aliphatic carbocycles. The topological polar surface area (TPSA) is 67.2 Å². The van der Waals surface area contributed by atoms with Crippen molar-refractivity contribution in [1.82, 2.24) is 15.8 Å². The minimum Gasteiger partial charge on any atom is -0.360 e. The Morgan fingerprint density at radius 1 is 1.47 bits per heavy atom. The standard InChI is InChI=1S/C13H19N3O2.ClH/c1-8-10(3-2-6-14-8)15-13(17)11-7-12(18-16-11)9-4-5-9;/h7-10,14H,2-6H2,1H3,(H,15,17);1H. The van der Waals surface area contributed by atoms with E-state index >= 15 is 0 Å². The van der Waals surface area contributed by atoms with Crippen LogP contribution in [0.5, 0.6) is 0 Å². The molecule has 0 bridgehead atoms. The average molecular weight is 286 g/mol. The van der Waals surface area contributed by atoms with Crippen LogP contribution < -0.4 is 10.6 Å². The number of aromatic nitrogens is 1. The zero-order valence-electron chi connectivity index (χ0n) is 11.0. The highest BCUT2D eigenvalue weighted by Crippen LogP contribution is 2.40. The van der Waals surface area contributed by atoms with Crippen molar-refractivity contribution in [2.75, 3.05) is 6.54 Å². The van der Waals surface area contributed by atoms with E-state index in [9.17, 15) is 4.79 Å². The van der Waals surface area contributed by atoms with E-state index in [2.05, 4.69) is 22.7 Å². The maximum Gasteiger partial charge on any atom is 0.273 e. The first-order valence-electron chi connectivity index (χ1n) is 6.75. The lowest BCUT2D eigenvalue weighted by atomic mass is 10.00. The Balaban J connectivity index is 0.00000133. The molecular formula is C13H20ClN3O2. The molecule has 2 aliphatic rings. The molecule has 0 aromatic carbocycles. The van der Waals surface area contributed by atoms with Gasteiger partial charge in [-0.3, -0.25) is 4.79 Å². The molecule has 1 amide bonds. The number of piperidine rings is 1. The number of amides is 1. The van der Waals surface area contributed by atoms with Gasteiger partial charge in [-0.1, -0.05) is 5.16 Å². The summed E-state index contributed by atoms with van der Waals surface area (Å²) in [6.45, 7) is 3.13. The fourth-order valence-electron chi connectivity index (χ4n) is 2.44. The van der Waals surface area contributed by atoms with Crippen LogP contribution in [0.25, 0.3) is 0 Å². The highest BCUT2D eigenvalue weighted by molar-refractivity contribution is 5.92. The van der Waals surface area contributed by atoms with Gasteiger partial charge in [0.1, 0.15) is 5.76 Å². The number of hydrogen-bond donors (Lipinski definition) is 2. The number of halogens is 1. The van der Waals surface area contributed by atoms with Gasteiger partial charge in [-0.25, -0.2) is 0 Å². The first kappa shape index (κ1) is 14.3. The lowest BCUT2D eigenvalue weighted by Crippen LogP contribution is -2.51. The van der Waals surface area contributed by atoms with Crippen LogP contribution in [-0.2, 0) is 0 Å². The third-order valence-electron chi connectivity index (χ3n) is 3.82. The maximum absolute atomic E-state index is 12.1. The quantitative estimate of drug-likeness (QED) is 0.889. The molecule has 5 nitrogen and oxygen atoms in total. The molecule has 19 heavy (non-hydrogen) atoms. The molecule has 2 fully saturated rings. The Bertz CT molecular complexity index is 445. The molecule has 2 N–H and O–H groups in total. The molecule has 0 spiro atoms. The highest BCUT2D eigenvalue weighted by atomic mass is 35.5. The summed E-state index contributed by atoms with van der Waals surface area (Å²) >= 11 is 0. The lowest BCUT2D eigenvalue weighted by molar-refractivity contribution is 0.0910. The van der Waals surface area contributed by atoms with Crippen molar-refractivity contribution in [3.8, 4) is 0 Å². The minimum atomic E-state index is -0.119. The third-order valence-corrected chi connectivity index (χ3v) is 3.82. The molecule has 2 heterocycles. The Hall–Kier alpha value is -1.07. The van der Waals surface area contributed by atoms with Crippen molar-refractivity contribution in [3.05, 3.63) is 17.5 Å². The van der Waals surface area contributed by atoms with Crippen LogP contribution in [0.2, 0.25) is 0 Å². The zero-order valence-corrected chi connectivity index (χ0v) is 11.8. The van der Waals surface area contributed by atoms with Gasteiger partial charge in [-0.15, -0.1) is 12.4 Å². The van der Waals surface area contributed by atoms with Crippen LogP contribution in [0, 0.1) is 0 Å². The summed E-state index contributed by atoms with van der Waals surface area (Å²) in [4.78, 5) is 12.1. The second-order valence-corrected chi connectivity index (χ2v) is 5.35. The summed E-state index contributed by atoms with van der Waals surface area (Å²) in [5.74, 6) is 1.23. The van der Waals surface area contributed by atoms with Crippen molar-refractivity contribution in [2.24, 2.45) is 0 Å². The largest absolute Gasteiger partial charge is 0.360 e. The van der Waals surface area contributed by atoms with Gasteiger partial charge >= 0.3 is 0 Å². The van der Waals surface area contributed by atoms with Gasteiger partial charge < -0.3 is 15.2 Å². The first-order valence-corrected chi connectivity index (χ1v) is 6.75. The van der Waals surface area contributed by atoms with Crippen LogP contribution in [0.15, 0.2) is 10.6 Å². The monoisotopic (exact) mass is 285 g/mol. The van der Waals surface area contributed by atoms with Gasteiger partial charge in [0, 0.05) is 24.1 Å². The predicted octanol–water partition coefficient (Wildman–Crippen LogP) is 1.84. The van der Waals surface area contributed by atoms with Crippen molar-refractivity contribution in [3.63, 3.8) is 0 Å². The van der Waals surface area contributed by atoms with E-state index in [0.717, 1.165) is 38.0 Å². The number of hydrogen-bond acceptors (Lipinski definition) is 4. The van der Waals surface area contributed by atoms with E-state index < -0.39 is 0 Å². The molecule has 0 radical (unpaired) electrons. The van der Waals surface area contributed by atoms with Crippen LogP contribution in [0.4, 0.5) is 0 Å². The second kappa shape index (κ2) is 5.92. The van der Waals surface area contributed by atoms with E-state index in [4.69, 9.17) is 4.52 Å². The van der Waals surface area contributed by atoms with Gasteiger partial charge in [0.25, 0.3) is 5.91 Å². The molecule has 1 aromatic heterocycles. The highest BCUT2D eigenvalue weighted by Gasteiger charge is 2.30. The van der Waals surface area contributed by atoms with Gasteiger partial charge in [0.15, 0.2) is 5.69 Å². The van der Waals surface area contributed by atoms with E-state index in [1.807, 2.05) is 0 Å². The van der Waals surface area contributed by atoms with E-state index in [1.54, 1.807) is 6.07 Å². The number of nitrogens with one attached hydrogen (secondary N) is 2. The molecule has 2 atom stereocenters. The van der Waals surface area contributed by atoms with Crippen LogP contribution >= 0.6 is 12.4 Å². The fraction of sp³-hybridized carbons (Fsp3) is 0.692. The Morgan fingerprint density at radius 3 is 2.95 bits per heavy atom. The van der Waals surface area contributed by atoms with Crippen LogP contribution in [-0.4, -0.2) is 29.7 Å². The second-order valence-electron chi connectivity index (χ2n) is 5.35. The molecule has 3 rings (SSSR count). The van der Waals surface area contributed by atoms with Crippen LogP contribution in [0.1, 0.15) is 54.8 Å². The minimum absolute atomic E-state index is 0. The molecule has 1 saturated heterocycles. The van der Waals surface area contributed by atoms with E-state index in [1.165, 1.54) is 0 Å². The molecular weight excluding hydrogens is 266 g/mol. The van der Waals surface area contributed by atoms with E-state index in [0.29, 0.717) is 17.7 Å². The van der Waals surface area contributed by atoms with Gasteiger partial charge in [-0.05, 0) is 39.2 Å². The normalized spacial score (nSPS) is 26.6. The van der Waals surface area contributed by atoms with Crippen molar-refractivity contribution < 1.29 is 9.32 Å². The lowest BCUT2D eigenvalue weighted by Gasteiger charge is -2.30. The molecule has 1 aromatic rings. The Kier molecular flexibility index (Phi) is 4.47.